The van der Waals surface area contributed by atoms with Crippen LogP contribution < -0.4 is 15.5 Å². The molecule has 0 aliphatic carbocycles. The first-order valence-electron chi connectivity index (χ1n) is 18.2. The summed E-state index contributed by atoms with van der Waals surface area (Å²) in [6.45, 7) is 3.00. The molecule has 0 aromatic heterocycles. The van der Waals surface area contributed by atoms with Gasteiger partial charge in [0.05, 0.1) is 30.0 Å². The van der Waals surface area contributed by atoms with E-state index in [9.17, 15) is 36.9 Å². The highest BCUT2D eigenvalue weighted by molar-refractivity contribution is 7.91. The number of aliphatic hydroxyl groups excluding tert-OH is 3. The minimum absolute atomic E-state index is 0.0531. The third-order valence-corrected chi connectivity index (χ3v) is 12.9. The van der Waals surface area contributed by atoms with Crippen molar-refractivity contribution in [2.45, 2.75) is 93.7 Å². The van der Waals surface area contributed by atoms with Gasteiger partial charge in [0.15, 0.2) is 16.1 Å². The zero-order chi connectivity index (χ0) is 40.1. The van der Waals surface area contributed by atoms with E-state index in [0.29, 0.717) is 29.5 Å². The molecule has 1 saturated heterocycles. The van der Waals surface area contributed by atoms with Gasteiger partial charge in [-0.3, -0.25) is 4.55 Å². The summed E-state index contributed by atoms with van der Waals surface area (Å²) in [4.78, 5) is 15.5. The highest BCUT2D eigenvalue weighted by atomic mass is 32.3. The molecule has 3 aromatic rings. The second-order valence-electron chi connectivity index (χ2n) is 14.4. The van der Waals surface area contributed by atoms with Gasteiger partial charge in [-0.15, -0.1) is 0 Å². The van der Waals surface area contributed by atoms with Gasteiger partial charge in [0.2, 0.25) is 0 Å². The SMILES string of the molecule is CCCC[C@]1(CC)CS(=O)(=O)c2ccc(N(C)C)cc2[C@@H](c2cccc(NC(=O)NC3OC(COS(=O)(=O)O)[C@@H](O)[C@H](OCc4ccccc4)[C@H]3O)c2)[C@H]1O. The van der Waals surface area contributed by atoms with Crippen molar-refractivity contribution in [2.24, 2.45) is 5.41 Å². The van der Waals surface area contributed by atoms with Crippen LogP contribution in [0.25, 0.3) is 0 Å². The Bertz CT molecular complexity index is 2000. The van der Waals surface area contributed by atoms with Gasteiger partial charge in [0.1, 0.15) is 24.4 Å². The first-order chi connectivity index (χ1) is 26.0. The Labute approximate surface area is 322 Å². The van der Waals surface area contributed by atoms with Gasteiger partial charge in [-0.1, -0.05) is 69.2 Å². The van der Waals surface area contributed by atoms with Crippen LogP contribution >= 0.6 is 0 Å². The van der Waals surface area contributed by atoms with E-state index < -0.39 is 81.0 Å². The van der Waals surface area contributed by atoms with Crippen molar-refractivity contribution in [3.63, 3.8) is 0 Å². The molecule has 17 heteroatoms. The highest BCUT2D eigenvalue weighted by Gasteiger charge is 2.49. The van der Waals surface area contributed by atoms with Crippen LogP contribution in [-0.4, -0.2) is 106 Å². The summed E-state index contributed by atoms with van der Waals surface area (Å²) in [6.07, 6.45) is -6.32. The molecule has 2 heterocycles. The van der Waals surface area contributed by atoms with Crippen molar-refractivity contribution in [2.75, 3.05) is 36.7 Å². The van der Waals surface area contributed by atoms with Gasteiger partial charge in [-0.25, -0.2) is 17.4 Å². The van der Waals surface area contributed by atoms with Gasteiger partial charge >= 0.3 is 16.4 Å². The topological polar surface area (TPSA) is 221 Å². The number of fused-ring (bicyclic) bond motifs is 1. The smallest absolute Gasteiger partial charge is 0.392 e. The molecule has 0 saturated carbocycles. The van der Waals surface area contributed by atoms with Crippen LogP contribution in [0.5, 0.6) is 0 Å². The van der Waals surface area contributed by atoms with Crippen LogP contribution in [0, 0.1) is 5.41 Å². The van der Waals surface area contributed by atoms with Crippen LogP contribution in [0.3, 0.4) is 0 Å². The highest BCUT2D eigenvalue weighted by Crippen LogP contribution is 2.49. The van der Waals surface area contributed by atoms with Crippen LogP contribution in [0.2, 0.25) is 0 Å². The summed E-state index contributed by atoms with van der Waals surface area (Å²) in [6, 6.07) is 19.8. The van der Waals surface area contributed by atoms with Gasteiger partial charge in [0, 0.05) is 36.8 Å². The molecule has 55 heavy (non-hydrogen) atoms. The molecule has 3 aromatic carbocycles. The summed E-state index contributed by atoms with van der Waals surface area (Å²) < 4.78 is 75.7. The Balaban J connectivity index is 1.43. The van der Waals surface area contributed by atoms with Crippen molar-refractivity contribution >= 4 is 37.6 Å². The van der Waals surface area contributed by atoms with E-state index in [-0.39, 0.29) is 22.9 Å². The number of unbranched alkanes of at least 4 members (excludes halogenated alkanes) is 1. The average molecular weight is 806 g/mol. The predicted octanol–water partition coefficient (Wildman–Crippen LogP) is 3.59. The number of nitrogens with one attached hydrogen (secondary N) is 2. The Kier molecular flexibility index (Phi) is 13.6. The van der Waals surface area contributed by atoms with E-state index >= 15 is 0 Å². The molecule has 2 aliphatic rings. The Morgan fingerprint density at radius 1 is 1.00 bits per heavy atom. The van der Waals surface area contributed by atoms with Crippen molar-refractivity contribution in [1.29, 1.82) is 0 Å². The summed E-state index contributed by atoms with van der Waals surface area (Å²) in [5.74, 6) is -1.00. The fourth-order valence-electron chi connectivity index (χ4n) is 7.42. The van der Waals surface area contributed by atoms with Crippen molar-refractivity contribution in [3.8, 4) is 0 Å². The lowest BCUT2D eigenvalue weighted by atomic mass is 9.69. The van der Waals surface area contributed by atoms with E-state index in [4.69, 9.17) is 14.0 Å². The predicted molar refractivity (Wildman–Crippen MR) is 205 cm³/mol. The number of anilines is 2. The monoisotopic (exact) mass is 805 g/mol. The fraction of sp³-hybridized carbons (Fsp3) is 0.500. The molecule has 8 atom stereocenters. The maximum absolute atomic E-state index is 14.0. The zero-order valence-corrected chi connectivity index (χ0v) is 32.9. The molecule has 2 amide bonds. The largest absolute Gasteiger partial charge is 0.397 e. The van der Waals surface area contributed by atoms with E-state index in [1.165, 1.54) is 0 Å². The maximum Gasteiger partial charge on any atom is 0.397 e. The maximum atomic E-state index is 14.0. The molecule has 0 bridgehead atoms. The molecule has 0 spiro atoms. The Morgan fingerprint density at radius 2 is 1.73 bits per heavy atom. The standard InChI is InChI=1S/C38H51N3O12S2/c1-5-7-18-38(6-2)23-54(46,47)30-17-16-27(41(3)4)20-28(30)31(35(38)44)25-14-11-15-26(19-25)39-37(45)40-36-33(43)34(51-21-24-12-9-8-10-13-24)32(42)29(53-36)22-52-55(48,49)50/h8-17,19-20,29,31-36,42-44H,5-7,18,21-23H2,1-4H3,(H2,39,40,45)(H,48,49,50)/t29?,31-,32-,33-,34+,35-,36?,38-/m1/s1. The van der Waals surface area contributed by atoms with E-state index in [1.807, 2.05) is 32.8 Å². The Morgan fingerprint density at radius 3 is 2.38 bits per heavy atom. The molecule has 2 aliphatic heterocycles. The molecule has 2 unspecified atom stereocenters. The third-order valence-electron chi connectivity index (χ3n) is 10.5. The summed E-state index contributed by atoms with van der Waals surface area (Å²) >= 11 is 0. The number of amides is 2. The molecule has 6 N–H and O–H groups in total. The molecule has 15 nitrogen and oxygen atoms in total. The van der Waals surface area contributed by atoms with E-state index in [2.05, 4.69) is 14.8 Å². The Hall–Kier alpha value is -3.65. The zero-order valence-electron chi connectivity index (χ0n) is 31.2. The number of benzene rings is 3. The minimum Gasteiger partial charge on any atom is -0.392 e. The summed E-state index contributed by atoms with van der Waals surface area (Å²) in [5.41, 5.74) is 1.78. The number of carbonyl (C=O) groups excluding carboxylic acids is 1. The lowest BCUT2D eigenvalue weighted by Crippen LogP contribution is -2.64. The number of sulfone groups is 1. The number of nitrogens with zero attached hydrogens (tertiary/aromatic N) is 1. The van der Waals surface area contributed by atoms with Gasteiger partial charge in [0.25, 0.3) is 0 Å². The number of aliphatic hydroxyl groups is 3. The van der Waals surface area contributed by atoms with Gasteiger partial charge in [-0.05, 0) is 59.9 Å². The molecule has 5 rings (SSSR count). The molecule has 302 valence electrons. The summed E-state index contributed by atoms with van der Waals surface area (Å²) in [7, 11) is -5.07. The second-order valence-corrected chi connectivity index (χ2v) is 17.4. The lowest BCUT2D eigenvalue weighted by Gasteiger charge is -2.42. The van der Waals surface area contributed by atoms with Crippen LogP contribution in [0.15, 0.2) is 77.7 Å². The van der Waals surface area contributed by atoms with Crippen LogP contribution in [0.4, 0.5) is 16.2 Å². The van der Waals surface area contributed by atoms with Gasteiger partial charge in [-0.2, -0.15) is 8.42 Å². The normalized spacial score (nSPS) is 27.7. The van der Waals surface area contributed by atoms with E-state index in [0.717, 1.165) is 18.5 Å². The quantitative estimate of drug-likeness (QED) is 0.129. The molecule has 0 radical (unpaired) electrons. The molecular weight excluding hydrogens is 755 g/mol. The number of ether oxygens (including phenoxy) is 2. The number of hydrogen-bond donors (Lipinski definition) is 6. The molecule has 1 fully saturated rings. The van der Waals surface area contributed by atoms with Gasteiger partial charge < -0.3 is 40.3 Å². The number of hydrogen-bond acceptors (Lipinski definition) is 12. The minimum atomic E-state index is -4.93. The van der Waals surface area contributed by atoms with Crippen molar-refractivity contribution in [3.05, 3.63) is 89.5 Å². The van der Waals surface area contributed by atoms with Crippen molar-refractivity contribution in [1.82, 2.24) is 5.32 Å². The molecular formula is C38H51N3O12S2. The third kappa shape index (κ3) is 10.0. The number of carbonyl (C=O) groups is 1. The van der Waals surface area contributed by atoms with Crippen molar-refractivity contribution < 1.29 is 55.2 Å². The lowest BCUT2D eigenvalue weighted by molar-refractivity contribution is -0.246. The van der Waals surface area contributed by atoms with E-state index in [1.54, 1.807) is 72.8 Å². The summed E-state index contributed by atoms with van der Waals surface area (Å²) in [5, 5.41) is 39.7. The number of rotatable bonds is 14. The average Bonchev–Trinajstić information content (AvgIpc) is 3.21. The van der Waals surface area contributed by atoms with Crippen LogP contribution in [-0.2, 0) is 40.5 Å². The number of urea groups is 1. The fourth-order valence-corrected chi connectivity index (χ4v) is 9.98. The van der Waals surface area contributed by atoms with Crippen LogP contribution in [0.1, 0.15) is 62.1 Å². The second kappa shape index (κ2) is 17.7. The first kappa shape index (κ1) is 42.5. The first-order valence-corrected chi connectivity index (χ1v) is 21.2.